The lowest BCUT2D eigenvalue weighted by Crippen LogP contribution is -2.51. The Bertz CT molecular complexity index is 1200. The number of aromatic nitrogens is 2. The van der Waals surface area contributed by atoms with Crippen LogP contribution in [0, 0.1) is 5.92 Å². The van der Waals surface area contributed by atoms with Crippen molar-refractivity contribution in [3.63, 3.8) is 0 Å². The van der Waals surface area contributed by atoms with Crippen molar-refractivity contribution >= 4 is 35.2 Å². The van der Waals surface area contributed by atoms with Gasteiger partial charge in [0.2, 0.25) is 11.8 Å². The van der Waals surface area contributed by atoms with Crippen LogP contribution >= 0.6 is 11.6 Å². The number of pyridine rings is 1. The lowest BCUT2D eigenvalue weighted by molar-refractivity contribution is -0.130. The van der Waals surface area contributed by atoms with Crippen LogP contribution in [0.25, 0.3) is 5.65 Å². The third-order valence-corrected chi connectivity index (χ3v) is 6.32. The highest BCUT2D eigenvalue weighted by molar-refractivity contribution is 6.29. The summed E-state index contributed by atoms with van der Waals surface area (Å²) in [5, 5.41) is 15.5. The van der Waals surface area contributed by atoms with Gasteiger partial charge in [-0.25, -0.2) is 9.78 Å². The van der Waals surface area contributed by atoms with Crippen molar-refractivity contribution in [3.05, 3.63) is 71.1 Å². The van der Waals surface area contributed by atoms with E-state index in [0.29, 0.717) is 23.6 Å². The summed E-state index contributed by atoms with van der Waals surface area (Å²) in [5.74, 6) is -0.804. The van der Waals surface area contributed by atoms with E-state index in [1.807, 2.05) is 36.4 Å². The first-order chi connectivity index (χ1) is 16.3. The molecule has 0 saturated carbocycles. The predicted molar refractivity (Wildman–Crippen MR) is 126 cm³/mol. The lowest BCUT2D eigenvalue weighted by Gasteiger charge is -2.22. The highest BCUT2D eigenvalue weighted by Crippen LogP contribution is 2.27. The summed E-state index contributed by atoms with van der Waals surface area (Å²) in [6, 6.07) is 11.8. The maximum atomic E-state index is 12.9. The molecule has 1 saturated heterocycles. The van der Waals surface area contributed by atoms with Crippen LogP contribution in [0.15, 0.2) is 54.9 Å². The Hall–Kier alpha value is -3.59. The van der Waals surface area contributed by atoms with E-state index >= 15 is 0 Å². The van der Waals surface area contributed by atoms with Gasteiger partial charge in [0.1, 0.15) is 22.9 Å². The molecule has 1 fully saturated rings. The number of fused-ring (bicyclic) bond motifs is 1. The van der Waals surface area contributed by atoms with Crippen molar-refractivity contribution in [1.29, 1.82) is 0 Å². The highest BCUT2D eigenvalue weighted by Gasteiger charge is 2.40. The second-order valence-corrected chi connectivity index (χ2v) is 8.92. The van der Waals surface area contributed by atoms with Crippen LogP contribution < -0.4 is 10.6 Å². The second kappa shape index (κ2) is 10.1. The molecule has 178 valence electrons. The Morgan fingerprint density at radius 1 is 1.18 bits per heavy atom. The number of carbonyl (C=O) groups is 3. The molecule has 0 bridgehead atoms. The smallest absolute Gasteiger partial charge is 0.407 e. The topological polar surface area (TPSA) is 116 Å². The molecule has 1 aromatic carbocycles. The number of imidazole rings is 1. The molecule has 3 heterocycles. The zero-order valence-corrected chi connectivity index (χ0v) is 19.4. The van der Waals surface area contributed by atoms with E-state index in [0.717, 1.165) is 16.0 Å². The summed E-state index contributed by atoms with van der Waals surface area (Å²) in [6.07, 6.45) is 3.29. The van der Waals surface area contributed by atoms with Crippen molar-refractivity contribution in [2.75, 3.05) is 6.54 Å². The Labute approximate surface area is 201 Å². The van der Waals surface area contributed by atoms with Crippen LogP contribution in [-0.2, 0) is 22.6 Å². The van der Waals surface area contributed by atoms with Gasteiger partial charge < -0.3 is 15.7 Å². The Balaban J connectivity index is 1.32. The molecule has 3 N–H and O–H groups in total. The first kappa shape index (κ1) is 23.6. The van der Waals surface area contributed by atoms with Crippen molar-refractivity contribution in [2.45, 2.75) is 38.4 Å². The van der Waals surface area contributed by atoms with Crippen molar-refractivity contribution in [2.24, 2.45) is 5.92 Å². The number of nitrogens with zero attached hydrogens (tertiary/aromatic N) is 3. The number of benzene rings is 1. The van der Waals surface area contributed by atoms with E-state index in [-0.39, 0.29) is 24.9 Å². The number of hydrogen-bond donors (Lipinski definition) is 3. The van der Waals surface area contributed by atoms with Gasteiger partial charge in [-0.15, -0.1) is 0 Å². The summed E-state index contributed by atoms with van der Waals surface area (Å²) in [4.78, 5) is 42.5. The molecule has 3 atom stereocenters. The minimum Gasteiger partial charge on any atom is -0.465 e. The molecular weight excluding hydrogens is 458 g/mol. The number of carbonyl (C=O) groups excluding carboxylic acids is 2. The number of amides is 3. The highest BCUT2D eigenvalue weighted by atomic mass is 35.5. The van der Waals surface area contributed by atoms with Crippen LogP contribution in [-0.4, -0.2) is 55.9 Å². The monoisotopic (exact) mass is 483 g/mol. The average molecular weight is 484 g/mol. The van der Waals surface area contributed by atoms with Gasteiger partial charge in [-0.05, 0) is 42.9 Å². The molecule has 0 spiro atoms. The van der Waals surface area contributed by atoms with Crippen LogP contribution in [0.3, 0.4) is 0 Å². The van der Waals surface area contributed by atoms with E-state index in [2.05, 4.69) is 15.6 Å². The predicted octanol–water partition coefficient (Wildman–Crippen LogP) is 2.72. The fourth-order valence-corrected chi connectivity index (χ4v) is 4.48. The number of likely N-dealkylation sites (tertiary alicyclic amines) is 1. The van der Waals surface area contributed by atoms with Crippen molar-refractivity contribution < 1.29 is 19.5 Å². The summed E-state index contributed by atoms with van der Waals surface area (Å²) >= 11 is 6.09. The molecule has 10 heteroatoms. The quantitative estimate of drug-likeness (QED) is 0.478. The zero-order valence-electron chi connectivity index (χ0n) is 18.6. The van der Waals surface area contributed by atoms with Crippen LogP contribution in [0.1, 0.15) is 24.5 Å². The molecule has 1 aliphatic rings. The third kappa shape index (κ3) is 5.31. The molecule has 1 unspecified atom stereocenters. The number of halogens is 1. The number of rotatable bonds is 7. The Morgan fingerprint density at radius 2 is 1.94 bits per heavy atom. The molecule has 4 rings (SSSR count). The number of carboxylic acid groups (broad SMARTS) is 1. The average Bonchev–Trinajstić information content (AvgIpc) is 3.42. The largest absolute Gasteiger partial charge is 0.465 e. The van der Waals surface area contributed by atoms with Gasteiger partial charge in [-0.3, -0.25) is 18.9 Å². The van der Waals surface area contributed by atoms with E-state index in [4.69, 9.17) is 11.6 Å². The molecule has 3 amide bonds. The number of nitrogens with one attached hydrogen (secondary N) is 2. The zero-order chi connectivity index (χ0) is 24.2. The van der Waals surface area contributed by atoms with E-state index in [1.54, 1.807) is 29.8 Å². The Morgan fingerprint density at radius 3 is 2.68 bits per heavy atom. The molecule has 9 nitrogen and oxygen atoms in total. The molecule has 2 aromatic heterocycles. The van der Waals surface area contributed by atoms with Gasteiger partial charge in [0, 0.05) is 19.3 Å². The fraction of sp³-hybridized carbons (Fsp3) is 0.333. The van der Waals surface area contributed by atoms with Gasteiger partial charge in [-0.1, -0.05) is 48.0 Å². The molecule has 0 aliphatic carbocycles. The minimum atomic E-state index is -1.14. The summed E-state index contributed by atoms with van der Waals surface area (Å²) in [6.45, 7) is 2.10. The normalized spacial score (nSPS) is 18.6. The molecule has 3 aromatic rings. The number of hydrogen-bond acceptors (Lipinski definition) is 4. The molecule has 1 aliphatic heterocycles. The van der Waals surface area contributed by atoms with Crippen LogP contribution in [0.2, 0.25) is 5.15 Å². The standard InChI is InChI=1S/C24H26ClN5O4/c1-15(22(31)27-11-17-7-8-21-26-12-20(25)30(21)13-17)28-23(32)19-10-18(14-29(19)24(33)34)9-16-5-3-2-4-6-16/h2-8,12-13,15,18-19H,9-11,14H2,1H3,(H,27,31)(H,28,32)(H,33,34)/t15?,18-,19+/m0/s1. The minimum absolute atomic E-state index is 0.0308. The van der Waals surface area contributed by atoms with Gasteiger partial charge in [-0.2, -0.15) is 0 Å². The summed E-state index contributed by atoms with van der Waals surface area (Å²) < 4.78 is 1.71. The van der Waals surface area contributed by atoms with Gasteiger partial charge >= 0.3 is 6.09 Å². The van der Waals surface area contributed by atoms with E-state index in [1.165, 1.54) is 0 Å². The lowest BCUT2D eigenvalue weighted by atomic mass is 9.96. The fourth-order valence-electron chi connectivity index (χ4n) is 4.29. The third-order valence-electron chi connectivity index (χ3n) is 6.04. The van der Waals surface area contributed by atoms with Gasteiger partial charge in [0.25, 0.3) is 0 Å². The molecule has 34 heavy (non-hydrogen) atoms. The SMILES string of the molecule is CC(NC(=O)[C@H]1C[C@H](Cc2ccccc2)CN1C(=O)O)C(=O)NCc1ccc2ncc(Cl)n2c1. The maximum Gasteiger partial charge on any atom is 0.407 e. The van der Waals surface area contributed by atoms with Crippen molar-refractivity contribution in [3.8, 4) is 0 Å². The summed E-state index contributed by atoms with van der Waals surface area (Å²) in [5.41, 5.74) is 2.61. The van der Waals surface area contributed by atoms with Gasteiger partial charge in [0.15, 0.2) is 0 Å². The molecular formula is C24H26ClN5O4. The Kier molecular flexibility index (Phi) is 7.02. The van der Waals surface area contributed by atoms with E-state index < -0.39 is 24.1 Å². The molecule has 0 radical (unpaired) electrons. The second-order valence-electron chi connectivity index (χ2n) is 8.54. The first-order valence-corrected chi connectivity index (χ1v) is 11.4. The van der Waals surface area contributed by atoms with Gasteiger partial charge in [0.05, 0.1) is 6.20 Å². The maximum absolute atomic E-state index is 12.9. The van der Waals surface area contributed by atoms with Crippen LogP contribution in [0.4, 0.5) is 4.79 Å². The summed E-state index contributed by atoms with van der Waals surface area (Å²) in [7, 11) is 0. The van der Waals surface area contributed by atoms with E-state index in [9.17, 15) is 19.5 Å². The van der Waals surface area contributed by atoms with Crippen LogP contribution in [0.5, 0.6) is 0 Å². The first-order valence-electron chi connectivity index (χ1n) is 11.0. The van der Waals surface area contributed by atoms with Crippen molar-refractivity contribution in [1.82, 2.24) is 24.9 Å².